The SMILES string of the molecule is [2H]c1c([2H])c([2H])c(-c2ccc3c(c2)c2ccccc2n3-c2cc(-c3ccccc3)c3oc4cc(-c5nc(-c6ccccc6)nc(-c6ccccc6)n5)ccc4c3c2)c([2H])c1[2H]. The third-order valence-corrected chi connectivity index (χ3v) is 10.3. The third kappa shape index (κ3) is 5.37. The molecule has 0 atom stereocenters. The maximum Gasteiger partial charge on any atom is 0.164 e. The van der Waals surface area contributed by atoms with Gasteiger partial charge >= 0.3 is 0 Å². The molecular formula is C51H32N4O. The fraction of sp³-hybridized carbons (Fsp3) is 0. The zero-order valence-electron chi connectivity index (χ0n) is 34.8. The largest absolute Gasteiger partial charge is 0.455 e. The number of benzene rings is 8. The predicted molar refractivity (Wildman–Crippen MR) is 229 cm³/mol. The van der Waals surface area contributed by atoms with Crippen LogP contribution < -0.4 is 0 Å². The molecule has 0 N–H and O–H groups in total. The standard InChI is InChI=1S/C51H32N4O/c1-5-15-33(16-6-1)37-26-28-46-43(29-37)40-23-13-14-24-45(40)55(46)39-31-42(34-17-7-2-8-18-34)48-44(32-39)41-27-25-38(30-47(41)56-48)51-53-49(35-19-9-3-10-20-35)52-50(54-51)36-21-11-4-12-22-36/h1-32H/i1D,5D,6D,15D,16D. The van der Waals surface area contributed by atoms with Gasteiger partial charge in [-0.25, -0.2) is 15.0 Å². The summed E-state index contributed by atoms with van der Waals surface area (Å²) in [6.45, 7) is 0. The summed E-state index contributed by atoms with van der Waals surface area (Å²) in [6.07, 6.45) is 0. The van der Waals surface area contributed by atoms with E-state index in [2.05, 4.69) is 47.0 Å². The summed E-state index contributed by atoms with van der Waals surface area (Å²) >= 11 is 0. The van der Waals surface area contributed by atoms with E-state index in [4.69, 9.17) is 26.2 Å². The van der Waals surface area contributed by atoms with Gasteiger partial charge in [-0.3, -0.25) is 0 Å². The predicted octanol–water partition coefficient (Wildman–Crippen LogP) is 13.2. The molecular weight excluding hydrogens is 685 g/mol. The highest BCUT2D eigenvalue weighted by atomic mass is 16.3. The van der Waals surface area contributed by atoms with Crippen molar-refractivity contribution in [2.45, 2.75) is 0 Å². The maximum absolute atomic E-state index is 8.67. The lowest BCUT2D eigenvalue weighted by atomic mass is 10.0. The molecule has 0 saturated heterocycles. The number of furan rings is 1. The third-order valence-electron chi connectivity index (χ3n) is 10.3. The Balaban J connectivity index is 1.12. The average molecular weight is 722 g/mol. The van der Waals surface area contributed by atoms with Crippen molar-refractivity contribution in [1.29, 1.82) is 0 Å². The molecule has 3 aromatic heterocycles. The minimum Gasteiger partial charge on any atom is -0.455 e. The van der Waals surface area contributed by atoms with Crippen LogP contribution in [-0.4, -0.2) is 19.5 Å². The number of fused-ring (bicyclic) bond motifs is 6. The van der Waals surface area contributed by atoms with Crippen LogP contribution in [0.25, 0.3) is 106 Å². The Morgan fingerprint density at radius 2 is 1.00 bits per heavy atom. The van der Waals surface area contributed by atoms with E-state index in [-0.39, 0.29) is 29.7 Å². The van der Waals surface area contributed by atoms with Crippen LogP contribution in [0.2, 0.25) is 0 Å². The molecule has 0 amide bonds. The molecule has 8 aromatic carbocycles. The lowest BCUT2D eigenvalue weighted by molar-refractivity contribution is 0.670. The van der Waals surface area contributed by atoms with Gasteiger partial charge in [-0.15, -0.1) is 0 Å². The Morgan fingerprint density at radius 3 is 1.70 bits per heavy atom. The second-order valence-electron chi connectivity index (χ2n) is 13.7. The molecule has 5 nitrogen and oxygen atoms in total. The van der Waals surface area contributed by atoms with Gasteiger partial charge in [-0.1, -0.05) is 152 Å². The van der Waals surface area contributed by atoms with Gasteiger partial charge in [-0.05, 0) is 59.2 Å². The number of para-hydroxylation sites is 1. The molecule has 0 radical (unpaired) electrons. The number of hydrogen-bond donors (Lipinski definition) is 0. The van der Waals surface area contributed by atoms with Crippen molar-refractivity contribution in [1.82, 2.24) is 19.5 Å². The van der Waals surface area contributed by atoms with Crippen molar-refractivity contribution in [3.63, 3.8) is 0 Å². The highest BCUT2D eigenvalue weighted by Gasteiger charge is 2.20. The van der Waals surface area contributed by atoms with Gasteiger partial charge in [-0.2, -0.15) is 0 Å². The lowest BCUT2D eigenvalue weighted by Crippen LogP contribution is -2.00. The number of rotatable bonds is 6. The first-order valence-electron chi connectivity index (χ1n) is 20.9. The normalized spacial score (nSPS) is 12.8. The number of nitrogens with zero attached hydrogens (tertiary/aromatic N) is 4. The van der Waals surface area contributed by atoms with Crippen LogP contribution in [0.4, 0.5) is 0 Å². The van der Waals surface area contributed by atoms with E-state index < -0.39 is 6.04 Å². The van der Waals surface area contributed by atoms with E-state index in [1.165, 1.54) is 0 Å². The molecule has 11 aromatic rings. The molecule has 0 unspecified atom stereocenters. The van der Waals surface area contributed by atoms with Gasteiger partial charge in [0.2, 0.25) is 0 Å². The molecule has 11 rings (SSSR count). The zero-order chi connectivity index (χ0) is 41.4. The molecule has 5 heteroatoms. The summed E-state index contributed by atoms with van der Waals surface area (Å²) in [6, 6.07) is 52.7. The molecule has 0 fully saturated rings. The van der Waals surface area contributed by atoms with Crippen LogP contribution in [0.15, 0.2) is 198 Å². The van der Waals surface area contributed by atoms with Crippen LogP contribution >= 0.6 is 0 Å². The van der Waals surface area contributed by atoms with Gasteiger partial charge in [0.15, 0.2) is 17.5 Å². The lowest BCUT2D eigenvalue weighted by Gasteiger charge is -2.12. The Labute approximate surface area is 329 Å². The van der Waals surface area contributed by atoms with E-state index in [0.29, 0.717) is 28.6 Å². The van der Waals surface area contributed by atoms with Crippen molar-refractivity contribution in [3.8, 4) is 62.1 Å². The van der Waals surface area contributed by atoms with Crippen LogP contribution in [0, 0.1) is 0 Å². The van der Waals surface area contributed by atoms with E-state index in [0.717, 1.165) is 71.7 Å². The minimum absolute atomic E-state index is 0.173. The number of hydrogen-bond acceptors (Lipinski definition) is 4. The summed E-state index contributed by atoms with van der Waals surface area (Å²) in [5.74, 6) is 1.70. The molecule has 0 aliphatic rings. The first-order valence-corrected chi connectivity index (χ1v) is 18.4. The first-order chi connectivity index (χ1) is 29.8. The Kier molecular flexibility index (Phi) is 6.29. The zero-order valence-corrected chi connectivity index (χ0v) is 29.8. The second kappa shape index (κ2) is 13.0. The van der Waals surface area contributed by atoms with E-state index in [1.54, 1.807) is 0 Å². The van der Waals surface area contributed by atoms with E-state index in [9.17, 15) is 0 Å². The quantitative estimate of drug-likeness (QED) is 0.172. The van der Waals surface area contributed by atoms with Gasteiger partial charge in [0.25, 0.3) is 0 Å². The van der Waals surface area contributed by atoms with Crippen molar-refractivity contribution in [2.24, 2.45) is 0 Å². The van der Waals surface area contributed by atoms with Gasteiger partial charge in [0, 0.05) is 49.5 Å². The summed E-state index contributed by atoms with van der Waals surface area (Å²) in [5.41, 5.74) is 9.44. The molecule has 56 heavy (non-hydrogen) atoms. The highest BCUT2D eigenvalue weighted by Crippen LogP contribution is 2.42. The van der Waals surface area contributed by atoms with Crippen LogP contribution in [0.3, 0.4) is 0 Å². The smallest absolute Gasteiger partial charge is 0.164 e. The van der Waals surface area contributed by atoms with Gasteiger partial charge < -0.3 is 8.98 Å². The van der Waals surface area contributed by atoms with Gasteiger partial charge in [0.1, 0.15) is 11.2 Å². The average Bonchev–Trinajstić information content (AvgIpc) is 3.85. The Hall–Kier alpha value is -7.63. The summed E-state index contributed by atoms with van der Waals surface area (Å²) < 4.78 is 51.1. The Bertz CT molecular complexity index is 3450. The van der Waals surface area contributed by atoms with Crippen LogP contribution in [-0.2, 0) is 0 Å². The van der Waals surface area contributed by atoms with E-state index >= 15 is 0 Å². The van der Waals surface area contributed by atoms with Crippen molar-refractivity contribution >= 4 is 43.7 Å². The highest BCUT2D eigenvalue weighted by molar-refractivity contribution is 6.14. The molecule has 0 bridgehead atoms. The van der Waals surface area contributed by atoms with Crippen LogP contribution in [0.1, 0.15) is 6.85 Å². The summed E-state index contributed by atoms with van der Waals surface area (Å²) in [5, 5.41) is 3.73. The van der Waals surface area contributed by atoms with Crippen molar-refractivity contribution in [2.75, 3.05) is 0 Å². The monoisotopic (exact) mass is 721 g/mol. The fourth-order valence-electron chi connectivity index (χ4n) is 7.70. The van der Waals surface area contributed by atoms with Crippen molar-refractivity contribution in [3.05, 3.63) is 194 Å². The molecule has 0 saturated carbocycles. The second-order valence-corrected chi connectivity index (χ2v) is 13.7. The van der Waals surface area contributed by atoms with Gasteiger partial charge in [0.05, 0.1) is 17.9 Å². The summed E-state index contributed by atoms with van der Waals surface area (Å²) in [4.78, 5) is 14.8. The molecule has 0 aliphatic carbocycles. The van der Waals surface area contributed by atoms with Crippen LogP contribution in [0.5, 0.6) is 0 Å². The van der Waals surface area contributed by atoms with Crippen molar-refractivity contribution < 1.29 is 11.3 Å². The molecule has 262 valence electrons. The summed E-state index contributed by atoms with van der Waals surface area (Å²) in [7, 11) is 0. The molecule has 0 aliphatic heterocycles. The maximum atomic E-state index is 8.67. The first kappa shape index (κ1) is 27.0. The molecule has 0 spiro atoms. The topological polar surface area (TPSA) is 56.7 Å². The number of aromatic nitrogens is 4. The van der Waals surface area contributed by atoms with E-state index in [1.807, 2.05) is 121 Å². The minimum atomic E-state index is -0.413. The molecule has 3 heterocycles. The fourth-order valence-corrected chi connectivity index (χ4v) is 7.70. The Morgan fingerprint density at radius 1 is 0.411 bits per heavy atom.